The molecule has 33 heavy (non-hydrogen) atoms. The average molecular weight is 450 g/mol. The zero-order valence-corrected chi connectivity index (χ0v) is 18.7. The van der Waals surface area contributed by atoms with Crippen molar-refractivity contribution in [1.29, 1.82) is 0 Å². The molecule has 172 valence electrons. The van der Waals surface area contributed by atoms with Gasteiger partial charge in [-0.1, -0.05) is 29.8 Å². The van der Waals surface area contributed by atoms with E-state index in [1.165, 1.54) is 11.8 Å². The number of amides is 1. The molecule has 1 amide bonds. The van der Waals surface area contributed by atoms with E-state index < -0.39 is 11.2 Å². The lowest BCUT2D eigenvalue weighted by atomic mass is 10.1. The molecular formula is C24H26N4O5. The maximum Gasteiger partial charge on any atom is 0.325 e. The Kier molecular flexibility index (Phi) is 7.80. The van der Waals surface area contributed by atoms with E-state index in [9.17, 15) is 14.4 Å². The van der Waals surface area contributed by atoms with Crippen LogP contribution in [0.2, 0.25) is 0 Å². The lowest BCUT2D eigenvalue weighted by molar-refractivity contribution is -0.121. The highest BCUT2D eigenvalue weighted by molar-refractivity contribution is 5.83. The number of ether oxygens (including phenoxy) is 2. The van der Waals surface area contributed by atoms with Gasteiger partial charge < -0.3 is 14.5 Å². The minimum atomic E-state index is -0.572. The molecule has 0 fully saturated rings. The molecule has 0 saturated heterocycles. The Hall–Kier alpha value is -4.14. The predicted molar refractivity (Wildman–Crippen MR) is 125 cm³/mol. The summed E-state index contributed by atoms with van der Waals surface area (Å²) in [6, 6.07) is 13.4. The van der Waals surface area contributed by atoms with Gasteiger partial charge in [0.1, 0.15) is 6.61 Å². The molecule has 3 N–H and O–H groups in total. The van der Waals surface area contributed by atoms with Gasteiger partial charge in [-0.25, -0.2) is 10.2 Å². The molecule has 9 nitrogen and oxygen atoms in total. The molecule has 0 aliphatic carbocycles. The van der Waals surface area contributed by atoms with Gasteiger partial charge in [0.2, 0.25) is 5.91 Å². The number of aromatic amines is 2. The topological polar surface area (TPSA) is 126 Å². The summed E-state index contributed by atoms with van der Waals surface area (Å²) >= 11 is 0. The normalized spacial score (nSPS) is 10.9. The molecule has 1 heterocycles. The molecule has 0 atom stereocenters. The smallest absolute Gasteiger partial charge is 0.325 e. The third-order valence-corrected chi connectivity index (χ3v) is 4.96. The summed E-state index contributed by atoms with van der Waals surface area (Å²) in [4.78, 5) is 39.8. The lowest BCUT2D eigenvalue weighted by Gasteiger charge is -2.11. The summed E-state index contributed by atoms with van der Waals surface area (Å²) in [7, 11) is 1.55. The van der Waals surface area contributed by atoms with Crippen LogP contribution in [0.4, 0.5) is 0 Å². The van der Waals surface area contributed by atoms with Crippen molar-refractivity contribution in [2.75, 3.05) is 7.11 Å². The quantitative estimate of drug-likeness (QED) is 0.341. The number of nitrogens with zero attached hydrogens (tertiary/aromatic N) is 1. The Bertz CT molecular complexity index is 1260. The van der Waals surface area contributed by atoms with Crippen LogP contribution in [0, 0.1) is 13.8 Å². The molecule has 0 bridgehead atoms. The number of rotatable bonds is 9. The zero-order chi connectivity index (χ0) is 23.8. The molecule has 0 spiro atoms. The van der Waals surface area contributed by atoms with Crippen LogP contribution in [0.15, 0.2) is 57.2 Å². The van der Waals surface area contributed by atoms with Crippen LogP contribution in [-0.2, 0) is 17.8 Å². The van der Waals surface area contributed by atoms with E-state index in [4.69, 9.17) is 9.47 Å². The first-order valence-corrected chi connectivity index (χ1v) is 10.4. The summed E-state index contributed by atoms with van der Waals surface area (Å²) < 4.78 is 11.3. The molecule has 3 rings (SSSR count). The number of carbonyl (C=O) groups is 1. The Morgan fingerprint density at radius 2 is 1.82 bits per heavy atom. The molecule has 0 radical (unpaired) electrons. The highest BCUT2D eigenvalue weighted by Gasteiger charge is 2.09. The van der Waals surface area contributed by atoms with E-state index >= 15 is 0 Å². The number of H-pyrrole nitrogens is 2. The van der Waals surface area contributed by atoms with Crippen LogP contribution in [0.5, 0.6) is 11.5 Å². The molecule has 0 aliphatic rings. The predicted octanol–water partition coefficient (Wildman–Crippen LogP) is 2.35. The van der Waals surface area contributed by atoms with E-state index in [2.05, 4.69) is 20.5 Å². The van der Waals surface area contributed by atoms with Crippen molar-refractivity contribution in [3.8, 4) is 11.5 Å². The van der Waals surface area contributed by atoms with Crippen LogP contribution >= 0.6 is 0 Å². The van der Waals surface area contributed by atoms with Crippen LogP contribution in [0.3, 0.4) is 0 Å². The van der Waals surface area contributed by atoms with Crippen molar-refractivity contribution in [2.24, 2.45) is 5.10 Å². The van der Waals surface area contributed by atoms with Crippen LogP contribution in [-0.4, -0.2) is 29.2 Å². The van der Waals surface area contributed by atoms with Gasteiger partial charge in [0.25, 0.3) is 5.56 Å². The largest absolute Gasteiger partial charge is 0.493 e. The monoisotopic (exact) mass is 450 g/mol. The van der Waals surface area contributed by atoms with Crippen LogP contribution < -0.4 is 26.1 Å². The van der Waals surface area contributed by atoms with E-state index in [1.54, 1.807) is 32.2 Å². The van der Waals surface area contributed by atoms with Gasteiger partial charge >= 0.3 is 5.69 Å². The van der Waals surface area contributed by atoms with E-state index in [1.807, 2.05) is 31.2 Å². The van der Waals surface area contributed by atoms with Gasteiger partial charge in [-0.3, -0.25) is 14.6 Å². The number of aromatic nitrogens is 2. The number of hydrogen-bond donors (Lipinski definition) is 3. The fraction of sp³-hybridized carbons (Fsp3) is 0.250. The van der Waals surface area contributed by atoms with Crippen LogP contribution in [0.1, 0.15) is 34.4 Å². The van der Waals surface area contributed by atoms with Gasteiger partial charge in [-0.05, 0) is 49.6 Å². The highest BCUT2D eigenvalue weighted by Crippen LogP contribution is 2.28. The molecule has 0 aliphatic heterocycles. The minimum absolute atomic E-state index is 0.0441. The number of methoxy groups -OCH3 is 1. The van der Waals surface area contributed by atoms with E-state index in [0.29, 0.717) is 34.9 Å². The van der Waals surface area contributed by atoms with Gasteiger partial charge in [-0.2, -0.15) is 5.10 Å². The van der Waals surface area contributed by atoms with Crippen molar-refractivity contribution in [3.05, 3.63) is 91.3 Å². The number of benzene rings is 2. The van der Waals surface area contributed by atoms with E-state index in [0.717, 1.165) is 5.56 Å². The second-order valence-electron chi connectivity index (χ2n) is 7.49. The number of hydrogen-bond acceptors (Lipinski definition) is 6. The number of aryl methyl sites for hydroxylation is 2. The number of hydrazone groups is 1. The second kappa shape index (κ2) is 10.9. The van der Waals surface area contributed by atoms with Crippen molar-refractivity contribution in [2.45, 2.75) is 33.3 Å². The Morgan fingerprint density at radius 3 is 2.52 bits per heavy atom. The van der Waals surface area contributed by atoms with Gasteiger partial charge in [0.15, 0.2) is 11.5 Å². The van der Waals surface area contributed by atoms with Crippen LogP contribution in [0.25, 0.3) is 0 Å². The van der Waals surface area contributed by atoms with Gasteiger partial charge in [0, 0.05) is 17.7 Å². The summed E-state index contributed by atoms with van der Waals surface area (Å²) in [5, 5.41) is 3.96. The average Bonchev–Trinajstić information content (AvgIpc) is 2.78. The first-order valence-electron chi connectivity index (χ1n) is 10.4. The molecule has 9 heteroatoms. The van der Waals surface area contributed by atoms with E-state index in [-0.39, 0.29) is 18.7 Å². The Balaban J connectivity index is 1.55. The van der Waals surface area contributed by atoms with Crippen molar-refractivity contribution >= 4 is 12.1 Å². The maximum absolute atomic E-state index is 12.1. The first-order chi connectivity index (χ1) is 15.9. The minimum Gasteiger partial charge on any atom is -0.493 e. The molecule has 1 aromatic heterocycles. The summed E-state index contributed by atoms with van der Waals surface area (Å²) in [5.41, 5.74) is 5.11. The molecule has 2 aromatic carbocycles. The number of nitrogens with one attached hydrogen (secondary N) is 3. The summed E-state index contributed by atoms with van der Waals surface area (Å²) in [5.74, 6) is 0.784. The summed E-state index contributed by atoms with van der Waals surface area (Å²) in [6.45, 7) is 4.06. The molecule has 0 unspecified atom stereocenters. The SMILES string of the molecule is COc1cc(/C=N/NC(=O)CCc2c(C)[nH]c(=O)[nH]c2=O)ccc1OCc1ccc(C)cc1. The maximum atomic E-state index is 12.1. The fourth-order valence-corrected chi connectivity index (χ4v) is 3.13. The third-order valence-electron chi connectivity index (χ3n) is 4.96. The highest BCUT2D eigenvalue weighted by atomic mass is 16.5. The Labute approximate surface area is 190 Å². The third kappa shape index (κ3) is 6.67. The van der Waals surface area contributed by atoms with Crippen molar-refractivity contribution in [3.63, 3.8) is 0 Å². The Morgan fingerprint density at radius 1 is 1.06 bits per heavy atom. The molecule has 3 aromatic rings. The standard InChI is InChI=1S/C24H26N4O5/c1-15-4-6-17(7-5-15)14-33-20-10-8-18(12-21(20)32-3)13-25-28-22(29)11-9-19-16(2)26-24(31)27-23(19)30/h4-8,10,12-13H,9,11,14H2,1-3H3,(H,28,29)(H2,26,27,30,31)/b25-13+. The fourth-order valence-electron chi connectivity index (χ4n) is 3.13. The molecule has 0 saturated carbocycles. The van der Waals surface area contributed by atoms with Gasteiger partial charge in [0.05, 0.1) is 13.3 Å². The van der Waals surface area contributed by atoms with Gasteiger partial charge in [-0.15, -0.1) is 0 Å². The lowest BCUT2D eigenvalue weighted by Crippen LogP contribution is -2.28. The zero-order valence-electron chi connectivity index (χ0n) is 18.7. The second-order valence-corrected chi connectivity index (χ2v) is 7.49. The number of carbonyl (C=O) groups excluding carboxylic acids is 1. The van der Waals surface area contributed by atoms with Crippen molar-refractivity contribution < 1.29 is 14.3 Å². The van der Waals surface area contributed by atoms with Crippen molar-refractivity contribution in [1.82, 2.24) is 15.4 Å². The summed E-state index contributed by atoms with van der Waals surface area (Å²) in [6.07, 6.45) is 1.71. The molecular weight excluding hydrogens is 424 g/mol. The first kappa shape index (κ1) is 23.5.